The molecule has 0 unspecified atom stereocenters. The molecule has 1 amide bonds. The van der Waals surface area contributed by atoms with Crippen LogP contribution in [0, 0.1) is 13.8 Å². The maximum Gasteiger partial charge on any atom is 0.257 e. The molecule has 4 aromatic rings. The zero-order chi connectivity index (χ0) is 22.5. The van der Waals surface area contributed by atoms with Gasteiger partial charge in [-0.15, -0.1) is 21.5 Å². The van der Waals surface area contributed by atoms with Gasteiger partial charge in [0.2, 0.25) is 11.8 Å². The predicted octanol–water partition coefficient (Wildman–Crippen LogP) is 5.42. The first-order chi connectivity index (χ1) is 15.5. The fraction of sp³-hybridized carbons (Fsp3) is 0.130. The number of thiazole rings is 1. The van der Waals surface area contributed by atoms with Crippen molar-refractivity contribution < 1.29 is 18.7 Å². The van der Waals surface area contributed by atoms with Gasteiger partial charge < -0.3 is 13.9 Å². The minimum absolute atomic E-state index is 0.300. The van der Waals surface area contributed by atoms with Crippen LogP contribution in [-0.4, -0.2) is 27.7 Å². The lowest BCUT2D eigenvalue weighted by Gasteiger charge is -2.11. The van der Waals surface area contributed by atoms with Crippen LogP contribution in [0.4, 0.5) is 5.13 Å². The van der Waals surface area contributed by atoms with Gasteiger partial charge in [0.05, 0.1) is 0 Å². The summed E-state index contributed by atoms with van der Waals surface area (Å²) in [6.45, 7) is 7.62. The van der Waals surface area contributed by atoms with E-state index in [9.17, 15) is 4.79 Å². The molecule has 0 fully saturated rings. The summed E-state index contributed by atoms with van der Waals surface area (Å²) in [4.78, 5) is 17.9. The average Bonchev–Trinajstić information content (AvgIpc) is 3.40. The number of ether oxygens (including phenoxy) is 2. The topological polar surface area (TPSA) is 99.4 Å². The van der Waals surface area contributed by atoms with Gasteiger partial charge >= 0.3 is 0 Å². The lowest BCUT2D eigenvalue weighted by atomic mass is 10.2. The Kier molecular flexibility index (Phi) is 6.27. The molecule has 0 bridgehead atoms. The normalized spacial score (nSPS) is 10.6. The fourth-order valence-electron chi connectivity index (χ4n) is 2.80. The number of nitrogens with zero attached hydrogens (tertiary/aromatic N) is 3. The molecule has 2 heterocycles. The van der Waals surface area contributed by atoms with Crippen LogP contribution in [0.1, 0.15) is 21.1 Å². The van der Waals surface area contributed by atoms with Crippen LogP contribution in [0.3, 0.4) is 0 Å². The van der Waals surface area contributed by atoms with Crippen molar-refractivity contribution in [1.29, 1.82) is 0 Å². The summed E-state index contributed by atoms with van der Waals surface area (Å²) in [5.41, 5.74) is 1.16. The van der Waals surface area contributed by atoms with E-state index in [0.717, 1.165) is 10.4 Å². The van der Waals surface area contributed by atoms with Crippen LogP contribution in [0.2, 0.25) is 0 Å². The van der Waals surface area contributed by atoms with Gasteiger partial charge in [-0.3, -0.25) is 10.1 Å². The lowest BCUT2D eigenvalue weighted by molar-refractivity contribution is 0.102. The second-order valence-corrected chi connectivity index (χ2v) is 8.01. The van der Waals surface area contributed by atoms with E-state index in [1.54, 1.807) is 49.5 Å². The third kappa shape index (κ3) is 5.19. The van der Waals surface area contributed by atoms with E-state index in [1.165, 1.54) is 11.3 Å². The van der Waals surface area contributed by atoms with E-state index in [4.69, 9.17) is 13.9 Å². The fourth-order valence-corrected chi connectivity index (χ4v) is 3.46. The Bertz CT molecular complexity index is 1250. The monoisotopic (exact) mass is 448 g/mol. The van der Waals surface area contributed by atoms with Crippen molar-refractivity contribution >= 4 is 22.4 Å². The number of aromatic nitrogens is 3. The highest BCUT2D eigenvalue weighted by Gasteiger charge is 2.13. The maximum absolute atomic E-state index is 12.8. The molecule has 8 nitrogen and oxygen atoms in total. The quantitative estimate of drug-likeness (QED) is 0.359. The second-order valence-electron chi connectivity index (χ2n) is 6.78. The van der Waals surface area contributed by atoms with Gasteiger partial charge in [0.15, 0.2) is 5.13 Å². The summed E-state index contributed by atoms with van der Waals surface area (Å²) >= 11 is 1.40. The summed E-state index contributed by atoms with van der Waals surface area (Å²) in [5.74, 6) is 2.14. The number of benzene rings is 2. The van der Waals surface area contributed by atoms with E-state index < -0.39 is 0 Å². The Morgan fingerprint density at radius 1 is 1.12 bits per heavy atom. The van der Waals surface area contributed by atoms with Crippen molar-refractivity contribution in [3.63, 3.8) is 0 Å². The van der Waals surface area contributed by atoms with E-state index >= 15 is 0 Å². The smallest absolute Gasteiger partial charge is 0.257 e. The van der Waals surface area contributed by atoms with Gasteiger partial charge in [-0.2, -0.15) is 0 Å². The Morgan fingerprint density at radius 3 is 2.56 bits per heavy atom. The minimum Gasteiger partial charge on any atom is -0.489 e. The molecule has 0 aliphatic rings. The second kappa shape index (κ2) is 9.44. The van der Waals surface area contributed by atoms with Crippen LogP contribution in [-0.2, 0) is 0 Å². The number of hydrogen-bond acceptors (Lipinski definition) is 8. The molecular formula is C23H20N4O4S. The molecule has 0 spiro atoms. The molecule has 2 aromatic carbocycles. The van der Waals surface area contributed by atoms with Gasteiger partial charge in [0.1, 0.15) is 23.9 Å². The Hall–Kier alpha value is -3.98. The summed E-state index contributed by atoms with van der Waals surface area (Å²) in [6, 6.07) is 12.2. The highest BCUT2D eigenvalue weighted by atomic mass is 32.1. The number of hydrogen-bond donors (Lipinski definition) is 1. The molecule has 1 N–H and O–H groups in total. The van der Waals surface area contributed by atoms with E-state index in [1.807, 2.05) is 19.1 Å². The zero-order valence-electron chi connectivity index (χ0n) is 17.5. The summed E-state index contributed by atoms with van der Waals surface area (Å²) in [6.07, 6.45) is 3.33. The largest absolute Gasteiger partial charge is 0.489 e. The number of amides is 1. The predicted molar refractivity (Wildman–Crippen MR) is 121 cm³/mol. The molecule has 0 saturated heterocycles. The van der Waals surface area contributed by atoms with Gasteiger partial charge in [-0.1, -0.05) is 12.7 Å². The molecule has 9 heteroatoms. The van der Waals surface area contributed by atoms with Crippen LogP contribution in [0.15, 0.2) is 65.7 Å². The number of carbonyl (C=O) groups is 1. The number of rotatable bonds is 8. The Balaban J connectivity index is 1.55. The van der Waals surface area contributed by atoms with Crippen LogP contribution in [0.25, 0.3) is 11.5 Å². The molecule has 4 rings (SSSR count). The van der Waals surface area contributed by atoms with Crippen LogP contribution < -0.4 is 14.8 Å². The van der Waals surface area contributed by atoms with Crippen molar-refractivity contribution in [3.05, 3.63) is 77.6 Å². The van der Waals surface area contributed by atoms with E-state index in [2.05, 4.69) is 27.1 Å². The molecule has 0 saturated carbocycles. The minimum atomic E-state index is -0.310. The molecule has 0 aliphatic heterocycles. The van der Waals surface area contributed by atoms with Gasteiger partial charge in [0, 0.05) is 35.2 Å². The number of carbonyl (C=O) groups excluding carboxylic acids is 1. The van der Waals surface area contributed by atoms with Crippen molar-refractivity contribution in [2.75, 3.05) is 11.9 Å². The summed E-state index contributed by atoms with van der Waals surface area (Å²) in [7, 11) is 0. The van der Waals surface area contributed by atoms with Gasteiger partial charge in [-0.05, 0) is 43.3 Å². The molecule has 0 aliphatic carbocycles. The first-order valence-corrected chi connectivity index (χ1v) is 10.5. The van der Waals surface area contributed by atoms with E-state index in [-0.39, 0.29) is 5.91 Å². The van der Waals surface area contributed by atoms with Gasteiger partial charge in [0.25, 0.3) is 5.91 Å². The molecule has 32 heavy (non-hydrogen) atoms. The van der Waals surface area contributed by atoms with Crippen molar-refractivity contribution in [2.24, 2.45) is 0 Å². The average molecular weight is 449 g/mol. The van der Waals surface area contributed by atoms with Crippen molar-refractivity contribution in [2.45, 2.75) is 13.8 Å². The number of nitrogens with one attached hydrogen (secondary N) is 1. The standard InChI is InChI=1S/C23H20N4O4S/c1-4-9-29-19-10-17(21(28)25-23-24-13-14(2)32-23)11-20(12-19)31-18-7-5-16(6-8-18)22-27-26-15(3)30-22/h4-8,10-13H,1,9H2,2-3H3,(H,24,25,28). The molecule has 2 aromatic heterocycles. The lowest BCUT2D eigenvalue weighted by Crippen LogP contribution is -2.12. The number of aryl methyl sites for hydroxylation is 2. The first-order valence-electron chi connectivity index (χ1n) is 9.71. The molecule has 0 atom stereocenters. The zero-order valence-corrected chi connectivity index (χ0v) is 18.3. The number of anilines is 1. The molecule has 162 valence electrons. The third-order valence-electron chi connectivity index (χ3n) is 4.21. The van der Waals surface area contributed by atoms with Crippen LogP contribution >= 0.6 is 11.3 Å². The Morgan fingerprint density at radius 2 is 1.91 bits per heavy atom. The first kappa shape index (κ1) is 21.3. The maximum atomic E-state index is 12.8. The van der Waals surface area contributed by atoms with Crippen LogP contribution in [0.5, 0.6) is 17.2 Å². The van der Waals surface area contributed by atoms with Crippen molar-refractivity contribution in [1.82, 2.24) is 15.2 Å². The highest BCUT2D eigenvalue weighted by molar-refractivity contribution is 7.15. The highest BCUT2D eigenvalue weighted by Crippen LogP contribution is 2.30. The van der Waals surface area contributed by atoms with Crippen molar-refractivity contribution in [3.8, 4) is 28.7 Å². The summed E-state index contributed by atoms with van der Waals surface area (Å²) < 4.78 is 17.1. The third-order valence-corrected chi connectivity index (χ3v) is 5.04. The Labute approximate surface area is 188 Å². The summed E-state index contributed by atoms with van der Waals surface area (Å²) in [5, 5.41) is 11.2. The SMILES string of the molecule is C=CCOc1cc(Oc2ccc(-c3nnc(C)o3)cc2)cc(C(=O)Nc2ncc(C)s2)c1. The van der Waals surface area contributed by atoms with Gasteiger partial charge in [-0.25, -0.2) is 4.98 Å². The molecular weight excluding hydrogens is 428 g/mol. The van der Waals surface area contributed by atoms with E-state index in [0.29, 0.717) is 46.3 Å². The molecule has 0 radical (unpaired) electrons.